The van der Waals surface area contributed by atoms with E-state index in [-0.39, 0.29) is 0 Å². The second-order valence-corrected chi connectivity index (χ2v) is 6.33. The molecular weight excluding hydrogens is 306 g/mol. The maximum absolute atomic E-state index is 6.31. The first-order valence-corrected chi connectivity index (χ1v) is 7.84. The predicted molar refractivity (Wildman–Crippen MR) is 76.3 cm³/mol. The molecule has 0 fully saturated rings. The van der Waals surface area contributed by atoms with Crippen LogP contribution in [0.4, 0.5) is 0 Å². The topological polar surface area (TPSA) is 12.0 Å². The lowest BCUT2D eigenvalue weighted by atomic mass is 9.99. The summed E-state index contributed by atoms with van der Waals surface area (Å²) < 4.78 is 1.08. The smallest absolute Gasteiger partial charge is 0.0460 e. The fourth-order valence-electron chi connectivity index (χ4n) is 2.08. The molecule has 0 bridgehead atoms. The van der Waals surface area contributed by atoms with Crippen LogP contribution >= 0.6 is 39.3 Å². The zero-order valence-electron chi connectivity index (χ0n) is 9.22. The third kappa shape index (κ3) is 2.76. The van der Waals surface area contributed by atoms with Crippen LogP contribution in [0.3, 0.4) is 0 Å². The zero-order chi connectivity index (χ0) is 11.5. The first kappa shape index (κ1) is 12.7. The van der Waals surface area contributed by atoms with Crippen molar-refractivity contribution in [1.29, 1.82) is 0 Å². The average molecular weight is 321 g/mol. The highest BCUT2D eigenvalue weighted by Gasteiger charge is 2.20. The SMILES string of the molecule is CCNC1CCSCc2c(Cl)cc(Br)cc21. The van der Waals surface area contributed by atoms with Crippen molar-refractivity contribution >= 4 is 39.3 Å². The number of hydrogen-bond acceptors (Lipinski definition) is 2. The third-order valence-electron chi connectivity index (χ3n) is 2.82. The van der Waals surface area contributed by atoms with Crippen LogP contribution in [0.1, 0.15) is 30.5 Å². The molecule has 0 aliphatic carbocycles. The van der Waals surface area contributed by atoms with Crippen molar-refractivity contribution in [1.82, 2.24) is 5.32 Å². The van der Waals surface area contributed by atoms with Gasteiger partial charge in [-0.05, 0) is 42.0 Å². The number of hydrogen-bond donors (Lipinski definition) is 1. The molecule has 1 aromatic rings. The minimum atomic E-state index is 0.449. The fraction of sp³-hybridized carbons (Fsp3) is 0.500. The molecule has 16 heavy (non-hydrogen) atoms. The largest absolute Gasteiger partial charge is 0.310 e. The molecule has 88 valence electrons. The van der Waals surface area contributed by atoms with Crippen LogP contribution in [0.25, 0.3) is 0 Å². The summed E-state index contributed by atoms with van der Waals surface area (Å²) in [5.41, 5.74) is 2.67. The van der Waals surface area contributed by atoms with E-state index in [1.54, 1.807) is 0 Å². The van der Waals surface area contributed by atoms with Crippen molar-refractivity contribution in [3.05, 3.63) is 32.8 Å². The second-order valence-electron chi connectivity index (χ2n) is 3.91. The summed E-state index contributed by atoms with van der Waals surface area (Å²) >= 11 is 11.8. The summed E-state index contributed by atoms with van der Waals surface area (Å²) in [5.74, 6) is 2.23. The molecule has 1 unspecified atom stereocenters. The van der Waals surface area contributed by atoms with Gasteiger partial charge >= 0.3 is 0 Å². The number of rotatable bonds is 2. The molecule has 0 saturated carbocycles. The van der Waals surface area contributed by atoms with Gasteiger partial charge < -0.3 is 5.32 Å². The van der Waals surface area contributed by atoms with Gasteiger partial charge in [-0.1, -0.05) is 34.5 Å². The highest BCUT2D eigenvalue weighted by molar-refractivity contribution is 9.10. The zero-order valence-corrected chi connectivity index (χ0v) is 12.4. The van der Waals surface area contributed by atoms with E-state index in [2.05, 4.69) is 34.2 Å². The normalized spacial score (nSPS) is 20.3. The van der Waals surface area contributed by atoms with Crippen LogP contribution in [-0.4, -0.2) is 12.3 Å². The Hall–Kier alpha value is 0.300. The van der Waals surface area contributed by atoms with Gasteiger partial charge in [0.2, 0.25) is 0 Å². The van der Waals surface area contributed by atoms with E-state index in [1.807, 2.05) is 17.8 Å². The molecule has 0 radical (unpaired) electrons. The van der Waals surface area contributed by atoms with Gasteiger partial charge in [-0.3, -0.25) is 0 Å². The highest BCUT2D eigenvalue weighted by Crippen LogP contribution is 2.36. The first-order valence-electron chi connectivity index (χ1n) is 5.51. The maximum atomic E-state index is 6.31. The first-order chi connectivity index (χ1) is 7.72. The van der Waals surface area contributed by atoms with Crippen molar-refractivity contribution in [3.8, 4) is 0 Å². The Labute approximate surface area is 114 Å². The molecule has 1 aromatic carbocycles. The van der Waals surface area contributed by atoms with Gasteiger partial charge in [-0.25, -0.2) is 0 Å². The van der Waals surface area contributed by atoms with E-state index >= 15 is 0 Å². The van der Waals surface area contributed by atoms with E-state index in [9.17, 15) is 0 Å². The highest BCUT2D eigenvalue weighted by atomic mass is 79.9. The van der Waals surface area contributed by atoms with Crippen LogP contribution in [0.2, 0.25) is 5.02 Å². The Morgan fingerprint density at radius 1 is 1.56 bits per heavy atom. The average Bonchev–Trinajstić information content (AvgIpc) is 2.42. The van der Waals surface area contributed by atoms with Crippen molar-refractivity contribution in [2.45, 2.75) is 25.1 Å². The minimum Gasteiger partial charge on any atom is -0.310 e. The standard InChI is InChI=1S/C12H15BrClNS/c1-2-15-12-3-4-16-7-10-9(12)5-8(13)6-11(10)14/h5-6,12,15H,2-4,7H2,1H3. The maximum Gasteiger partial charge on any atom is 0.0460 e. The van der Waals surface area contributed by atoms with Crippen LogP contribution in [-0.2, 0) is 5.75 Å². The van der Waals surface area contributed by atoms with Crippen molar-refractivity contribution in [2.75, 3.05) is 12.3 Å². The second kappa shape index (κ2) is 5.76. The Kier molecular flexibility index (Phi) is 4.59. The molecule has 1 N–H and O–H groups in total. The molecule has 1 nitrogen and oxygen atoms in total. The van der Waals surface area contributed by atoms with Crippen LogP contribution < -0.4 is 5.32 Å². The van der Waals surface area contributed by atoms with Gasteiger partial charge in [0, 0.05) is 21.3 Å². The molecule has 1 aliphatic rings. The number of benzene rings is 1. The molecule has 1 aliphatic heterocycles. The summed E-state index contributed by atoms with van der Waals surface area (Å²) in [4.78, 5) is 0. The van der Waals surface area contributed by atoms with Crippen LogP contribution in [0.5, 0.6) is 0 Å². The molecule has 4 heteroatoms. The molecular formula is C12H15BrClNS. The lowest BCUT2D eigenvalue weighted by molar-refractivity contribution is 0.540. The summed E-state index contributed by atoms with van der Waals surface area (Å²) in [5, 5.41) is 4.43. The molecule has 0 spiro atoms. The Bertz CT molecular complexity index is 384. The summed E-state index contributed by atoms with van der Waals surface area (Å²) in [6, 6.07) is 4.65. The van der Waals surface area contributed by atoms with E-state index < -0.39 is 0 Å². The van der Waals surface area contributed by atoms with Crippen molar-refractivity contribution in [3.63, 3.8) is 0 Å². The summed E-state index contributed by atoms with van der Waals surface area (Å²) in [6.07, 6.45) is 1.18. The van der Waals surface area contributed by atoms with Crippen molar-refractivity contribution < 1.29 is 0 Å². The predicted octanol–water partition coefficient (Wildman–Crippen LogP) is 4.39. The molecule has 1 atom stereocenters. The Morgan fingerprint density at radius 3 is 3.12 bits per heavy atom. The molecule has 0 aromatic heterocycles. The number of fused-ring (bicyclic) bond motifs is 1. The molecule has 1 heterocycles. The van der Waals surface area contributed by atoms with Crippen LogP contribution in [0, 0.1) is 0 Å². The van der Waals surface area contributed by atoms with Gasteiger partial charge in [0.25, 0.3) is 0 Å². The van der Waals surface area contributed by atoms with Gasteiger partial charge in [-0.2, -0.15) is 11.8 Å². The van der Waals surface area contributed by atoms with E-state index in [0.29, 0.717) is 6.04 Å². The quantitative estimate of drug-likeness (QED) is 0.867. The fourth-order valence-corrected chi connectivity index (χ4v) is 4.13. The van der Waals surface area contributed by atoms with Gasteiger partial charge in [-0.15, -0.1) is 0 Å². The van der Waals surface area contributed by atoms with Crippen molar-refractivity contribution in [2.24, 2.45) is 0 Å². The number of halogens is 2. The van der Waals surface area contributed by atoms with E-state index in [4.69, 9.17) is 11.6 Å². The van der Waals surface area contributed by atoms with Gasteiger partial charge in [0.15, 0.2) is 0 Å². The monoisotopic (exact) mass is 319 g/mol. The lowest BCUT2D eigenvalue weighted by Gasteiger charge is -2.19. The van der Waals surface area contributed by atoms with Gasteiger partial charge in [0.1, 0.15) is 0 Å². The lowest BCUT2D eigenvalue weighted by Crippen LogP contribution is -2.21. The van der Waals surface area contributed by atoms with E-state index in [0.717, 1.165) is 21.8 Å². The third-order valence-corrected chi connectivity index (χ3v) is 4.63. The minimum absolute atomic E-state index is 0.449. The van der Waals surface area contributed by atoms with E-state index in [1.165, 1.54) is 23.3 Å². The summed E-state index contributed by atoms with van der Waals surface area (Å²) in [6.45, 7) is 3.15. The van der Waals surface area contributed by atoms with Gasteiger partial charge in [0.05, 0.1) is 0 Å². The molecule has 2 rings (SSSR count). The molecule has 0 saturated heterocycles. The van der Waals surface area contributed by atoms with Crippen LogP contribution in [0.15, 0.2) is 16.6 Å². The molecule has 0 amide bonds. The number of thioether (sulfide) groups is 1. The number of nitrogens with one attached hydrogen (secondary N) is 1. The Morgan fingerprint density at radius 2 is 2.38 bits per heavy atom. The summed E-state index contributed by atoms with van der Waals surface area (Å²) in [7, 11) is 0. The Balaban J connectivity index is 2.43.